The Balaban J connectivity index is 0.000000153. The number of hydrogen-bond acceptors (Lipinski definition) is 6. The Bertz CT molecular complexity index is 7130. The van der Waals surface area contributed by atoms with Crippen molar-refractivity contribution in [3.8, 4) is 22.3 Å². The van der Waals surface area contributed by atoms with Crippen molar-refractivity contribution in [3.63, 3.8) is 0 Å². The van der Waals surface area contributed by atoms with E-state index >= 15 is 0 Å². The van der Waals surface area contributed by atoms with Gasteiger partial charge in [0.2, 0.25) is 0 Å². The summed E-state index contributed by atoms with van der Waals surface area (Å²) in [6.45, 7) is 26.4. The van der Waals surface area contributed by atoms with Crippen molar-refractivity contribution < 1.29 is 1.37 Å². The van der Waals surface area contributed by atoms with Crippen LogP contribution in [0.25, 0.3) is 43.8 Å². The van der Waals surface area contributed by atoms with Crippen LogP contribution in [0.5, 0.6) is 0 Å². The zero-order chi connectivity index (χ0) is 99.7. The van der Waals surface area contributed by atoms with Gasteiger partial charge in [-0.05, 0) is 391 Å². The summed E-state index contributed by atoms with van der Waals surface area (Å²) in [5.74, 6) is 0. The Kier molecular flexibility index (Phi) is 31.6. The van der Waals surface area contributed by atoms with Gasteiger partial charge in [0.25, 0.3) is 0 Å². The van der Waals surface area contributed by atoms with Crippen molar-refractivity contribution in [2.75, 3.05) is 36.0 Å². The maximum atomic E-state index is 6.29. The molecule has 1 saturated carbocycles. The van der Waals surface area contributed by atoms with E-state index in [0.29, 0.717) is 0 Å². The van der Waals surface area contributed by atoms with Gasteiger partial charge in [-0.25, -0.2) is 0 Å². The molecule has 6 nitrogen and oxygen atoms in total. The fraction of sp³-hybridized carbons (Fsp3) is 0.153. The highest BCUT2D eigenvalue weighted by Gasteiger charge is 2.37. The Morgan fingerprint density at radius 2 is 0.424 bits per heavy atom. The van der Waals surface area contributed by atoms with Crippen molar-refractivity contribution in [1.29, 1.82) is 1.28 Å². The topological polar surface area (TPSA) is 19.4 Å². The second-order valence-electron chi connectivity index (χ2n) is 38.1. The molecule has 0 radical (unpaired) electrons. The molecular weight excluding hydrogens is 1760 g/mol. The smallest absolute Gasteiger partial charge is 0.0543 e. The van der Waals surface area contributed by atoms with Gasteiger partial charge in [-0.3, -0.25) is 0 Å². The van der Waals surface area contributed by atoms with Crippen LogP contribution < -0.4 is 29.4 Å². The van der Waals surface area contributed by atoms with Gasteiger partial charge in [0.1, 0.15) is 0 Å². The van der Waals surface area contributed by atoms with Gasteiger partial charge in [0.05, 0.1) is 12.7 Å². The predicted molar refractivity (Wildman–Crippen MR) is 630 cm³/mol. The van der Waals surface area contributed by atoms with Gasteiger partial charge in [-0.1, -0.05) is 318 Å². The molecule has 1 aliphatic rings. The first-order chi connectivity index (χ1) is 70.2. The first kappa shape index (κ1) is 98.3. The summed E-state index contributed by atoms with van der Waals surface area (Å²) >= 11 is 0. The minimum Gasteiger partial charge on any atom is -0.311 e. The number of benzene rings is 20. The summed E-state index contributed by atoms with van der Waals surface area (Å²) in [6.07, 6.45) is 6.15. The van der Waals surface area contributed by atoms with Crippen LogP contribution in [0.2, 0.25) is 0 Å². The molecule has 7 heteroatoms. The van der Waals surface area contributed by atoms with Gasteiger partial charge >= 0.3 is 0 Å². The van der Waals surface area contributed by atoms with Crippen molar-refractivity contribution in [1.82, 2.24) is 0 Å². The molecule has 1 unspecified atom stereocenters. The van der Waals surface area contributed by atoms with Crippen LogP contribution in [0.3, 0.4) is 0 Å². The molecule has 20 aromatic rings. The molecule has 1 fully saturated rings. The number of nitrogens with zero attached hydrogens (tertiary/aromatic N) is 6. The van der Waals surface area contributed by atoms with Gasteiger partial charge in [0, 0.05) is 109 Å². The van der Waals surface area contributed by atoms with Gasteiger partial charge < -0.3 is 29.4 Å². The second kappa shape index (κ2) is 46.3. The minimum atomic E-state index is 0. The molecular formula is C137H135N6P. The fourth-order valence-corrected chi connectivity index (χ4v) is 20.6. The number of para-hydroxylation sites is 2. The third kappa shape index (κ3) is 22.5. The second-order valence-corrected chi connectivity index (χ2v) is 38.1. The molecule has 0 spiro atoms. The van der Waals surface area contributed by atoms with Crippen LogP contribution in [-0.4, -0.2) is 7.92 Å². The first-order valence-corrected chi connectivity index (χ1v) is 50.4. The molecule has 1 aliphatic carbocycles. The summed E-state index contributed by atoms with van der Waals surface area (Å²) in [5, 5.41) is 4.92. The van der Waals surface area contributed by atoms with E-state index < -0.39 is 0 Å². The van der Waals surface area contributed by atoms with E-state index in [-0.39, 0.29) is 36.1 Å². The highest BCUT2D eigenvalue weighted by Crippen LogP contribution is 2.51. The van der Waals surface area contributed by atoms with E-state index in [2.05, 4.69) is 574 Å². The lowest BCUT2D eigenvalue weighted by Crippen LogP contribution is -2.30. The minimum absolute atomic E-state index is 0. The maximum Gasteiger partial charge on any atom is 0.0543 e. The Morgan fingerprint density at radius 3 is 0.694 bits per heavy atom. The first-order valence-electron chi connectivity index (χ1n) is 50.9. The highest BCUT2D eigenvalue weighted by atomic mass is 31.0. The summed E-state index contributed by atoms with van der Waals surface area (Å²) in [7, 11) is 0.0571. The molecule has 0 saturated heterocycles. The molecule has 144 heavy (non-hydrogen) atoms. The third-order valence-corrected chi connectivity index (χ3v) is 27.8. The van der Waals surface area contributed by atoms with Crippen molar-refractivity contribution in [3.05, 3.63) is 539 Å². The standard InChI is InChI=1S/C46H36N2.C46H46N2.C42H40N2.CH5P.2CH4/c1-33-31-39(47(37-19-5-3-6-20-37)45-25-13-17-35-15-9-11-23-43(35)45)27-29-41(33)42-30-28-40(32-34(42)2)48(38-21-7-4-8-22-38)46-26-14-18-36-16-10-12-24-44(36)46;1-34-8-20-40(21-9-34)47(41-22-10-35(2)11-23-41)44-28-16-38(17-29-44)46(32-6-5-7-33-46)39-18-30-45(31-19-39)48(42-24-12-36(3)13-25-42)43-26-14-37(4)15-27-43;1-29-11-7-15-35(23-29)43(36-16-8-12-30(2)24-36)39-19-21-41(33(5)27-39)42-22-20-40(28-34(42)6)44(37-17-9-13-31(3)25-37)38-18-10-14-32(4)26-38;1-2;;/h3-32H,1-2H3;8-31H,5-7,32-33H2,1-4H3;7-28H,1-6H3;2H2,1H3;2*1H4/i;;;1T,2D;;. The van der Waals surface area contributed by atoms with Gasteiger partial charge in [0.15, 0.2) is 0 Å². The van der Waals surface area contributed by atoms with Crippen LogP contribution >= 0.6 is 9.18 Å². The fourth-order valence-electron chi connectivity index (χ4n) is 20.6. The van der Waals surface area contributed by atoms with E-state index in [1.807, 2.05) is 0 Å². The van der Waals surface area contributed by atoms with Crippen LogP contribution in [0.1, 0.15) is 126 Å². The molecule has 0 aliphatic heterocycles. The zero-order valence-electron chi connectivity index (χ0n) is 85.8. The average Bonchev–Trinajstić information content (AvgIpc) is 0.758. The van der Waals surface area contributed by atoms with E-state index in [9.17, 15) is 0 Å². The van der Waals surface area contributed by atoms with E-state index in [1.54, 1.807) is 0 Å². The maximum absolute atomic E-state index is 6.29. The van der Waals surface area contributed by atoms with E-state index in [0.717, 1.165) is 56.9 Å². The molecule has 0 N–H and O–H groups in total. The van der Waals surface area contributed by atoms with Crippen LogP contribution in [0.15, 0.2) is 461 Å². The summed E-state index contributed by atoms with van der Waals surface area (Å²) in [4.78, 5) is 14.2. The number of rotatable bonds is 22. The average molecular weight is 1900 g/mol. The van der Waals surface area contributed by atoms with Crippen molar-refractivity contribution in [2.24, 2.45) is 0 Å². The Labute approximate surface area is 862 Å². The molecule has 20 aromatic carbocycles. The van der Waals surface area contributed by atoms with Crippen LogP contribution in [0, 0.1) is 83.1 Å². The Hall–Kier alpha value is -15.9. The molecule has 0 bridgehead atoms. The molecule has 0 aromatic heterocycles. The van der Waals surface area contributed by atoms with E-state index in [1.165, 1.54) is 199 Å². The lowest BCUT2D eigenvalue weighted by molar-refractivity contribution is 0.346. The van der Waals surface area contributed by atoms with Crippen LogP contribution in [0.4, 0.5) is 102 Å². The lowest BCUT2D eigenvalue weighted by atomic mass is 9.65. The van der Waals surface area contributed by atoms with Crippen molar-refractivity contribution >= 4 is 133 Å². The highest BCUT2D eigenvalue weighted by molar-refractivity contribution is 7.15. The normalized spacial score (nSPS) is 12.0. The lowest BCUT2D eigenvalue weighted by Gasteiger charge is -2.39. The molecule has 0 heterocycles. The SMILES string of the molecule is C.C.Cc1cc(N(c2ccccc2)c2cccc3ccccc23)ccc1-c1ccc(N(c2ccccc2)c2cccc3ccccc23)cc1C.Cc1ccc(N(c2ccc(C)cc2)c2ccc(C3(c4ccc(N(c5ccc(C)cc5)c5ccc(C)cc5)cc4)CCCCC3)cc2)cc1.Cc1cccc(N(c2cccc(C)c2)c2ccc(-c3ccc(N(c4cccc(C)c4)c4cccc(C)c4)cc3C)c(C)c2)c1.[2H]PC[3H]. The largest absolute Gasteiger partial charge is 0.311 e. The number of aryl methyl sites for hydroxylation is 12. The van der Waals surface area contributed by atoms with Gasteiger partial charge in [-0.2, -0.15) is 0 Å². The third-order valence-electron chi connectivity index (χ3n) is 27.8. The number of fused-ring (bicyclic) bond motifs is 2. The quantitative estimate of drug-likeness (QED) is 0.0626. The molecule has 718 valence electrons. The zero-order valence-corrected chi connectivity index (χ0v) is 84.8. The van der Waals surface area contributed by atoms with E-state index in [4.69, 9.17) is 2.65 Å². The summed E-state index contributed by atoms with van der Waals surface area (Å²) < 4.78 is 12.6. The number of anilines is 18. The number of hydrogen-bond donors (Lipinski definition) is 0. The summed E-state index contributed by atoms with van der Waals surface area (Å²) in [5.41, 5.74) is 43.7. The van der Waals surface area contributed by atoms with Crippen molar-refractivity contribution in [2.45, 2.75) is 135 Å². The predicted octanol–water partition coefficient (Wildman–Crippen LogP) is 40.2. The van der Waals surface area contributed by atoms with Crippen LogP contribution in [-0.2, 0) is 5.41 Å². The monoisotopic (exact) mass is 1900 g/mol. The molecule has 1 atom stereocenters. The molecule has 21 rings (SSSR count). The molecule has 0 amide bonds. The van der Waals surface area contributed by atoms with Gasteiger partial charge in [-0.15, -0.1) is 9.18 Å². The Morgan fingerprint density at radius 1 is 0.208 bits per heavy atom. The summed E-state index contributed by atoms with van der Waals surface area (Å²) in [6, 6.07) is 168.